The standard InChI is InChI=1S/C17H21FN2O4/c1-23-15-10-24-9-12(17(15)22)7-19-16(21)8-20-5-4-11-2-3-13(18)6-14(11)20/h2-6,12,15,17,22H,7-10H2,1H3,(H,19,21)/t12-,15-,17+/m1/s1. The third kappa shape index (κ3) is 3.58. The number of nitrogens with one attached hydrogen (secondary N) is 1. The number of aliphatic hydroxyl groups is 1. The predicted octanol–water partition coefficient (Wildman–Crippen LogP) is 0.919. The van der Waals surface area contributed by atoms with Crippen LogP contribution in [0.25, 0.3) is 10.9 Å². The lowest BCUT2D eigenvalue weighted by atomic mass is 9.96. The van der Waals surface area contributed by atoms with E-state index in [1.807, 2.05) is 6.07 Å². The number of aliphatic hydroxyl groups excluding tert-OH is 1. The molecule has 1 aromatic heterocycles. The molecule has 7 heteroatoms. The normalized spacial score (nSPS) is 24.2. The second-order valence-corrected chi connectivity index (χ2v) is 6.01. The van der Waals surface area contributed by atoms with E-state index in [9.17, 15) is 14.3 Å². The lowest BCUT2D eigenvalue weighted by molar-refractivity contribution is -0.136. The van der Waals surface area contributed by atoms with Gasteiger partial charge in [-0.05, 0) is 29.7 Å². The first-order valence-corrected chi connectivity index (χ1v) is 7.88. The van der Waals surface area contributed by atoms with E-state index in [2.05, 4.69) is 5.32 Å². The summed E-state index contributed by atoms with van der Waals surface area (Å²) in [5.41, 5.74) is 0.672. The van der Waals surface area contributed by atoms with Crippen LogP contribution >= 0.6 is 0 Å². The highest BCUT2D eigenvalue weighted by Crippen LogP contribution is 2.18. The van der Waals surface area contributed by atoms with E-state index in [1.165, 1.54) is 19.2 Å². The van der Waals surface area contributed by atoms with E-state index in [0.29, 0.717) is 25.3 Å². The quantitative estimate of drug-likeness (QED) is 0.852. The van der Waals surface area contributed by atoms with Crippen molar-refractivity contribution in [2.75, 3.05) is 26.9 Å². The Labute approximate surface area is 139 Å². The molecule has 0 bridgehead atoms. The number of fused-ring (bicyclic) bond motifs is 1. The average molecular weight is 336 g/mol. The maximum absolute atomic E-state index is 13.4. The van der Waals surface area contributed by atoms with Crippen molar-refractivity contribution in [2.45, 2.75) is 18.8 Å². The van der Waals surface area contributed by atoms with Gasteiger partial charge in [0.25, 0.3) is 0 Å². The molecule has 24 heavy (non-hydrogen) atoms. The Morgan fingerprint density at radius 3 is 3.08 bits per heavy atom. The van der Waals surface area contributed by atoms with Crippen molar-refractivity contribution in [3.63, 3.8) is 0 Å². The molecule has 1 amide bonds. The molecular weight excluding hydrogens is 315 g/mol. The molecule has 130 valence electrons. The van der Waals surface area contributed by atoms with Gasteiger partial charge in [-0.1, -0.05) is 0 Å². The highest BCUT2D eigenvalue weighted by atomic mass is 19.1. The fourth-order valence-electron chi connectivity index (χ4n) is 2.97. The largest absolute Gasteiger partial charge is 0.390 e. The Hall–Kier alpha value is -1.96. The number of nitrogens with zero attached hydrogens (tertiary/aromatic N) is 1. The summed E-state index contributed by atoms with van der Waals surface area (Å²) in [7, 11) is 1.52. The van der Waals surface area contributed by atoms with Crippen LogP contribution in [0.5, 0.6) is 0 Å². The molecule has 2 aromatic rings. The van der Waals surface area contributed by atoms with Crippen molar-refractivity contribution in [1.29, 1.82) is 0 Å². The van der Waals surface area contributed by atoms with Crippen molar-refractivity contribution >= 4 is 16.8 Å². The third-order valence-corrected chi connectivity index (χ3v) is 4.39. The lowest BCUT2D eigenvalue weighted by Gasteiger charge is -2.33. The maximum Gasteiger partial charge on any atom is 0.239 e. The lowest BCUT2D eigenvalue weighted by Crippen LogP contribution is -2.49. The van der Waals surface area contributed by atoms with E-state index in [1.54, 1.807) is 16.8 Å². The first-order chi connectivity index (χ1) is 11.6. The van der Waals surface area contributed by atoms with Crippen molar-refractivity contribution in [1.82, 2.24) is 9.88 Å². The Kier molecular flexibility index (Phi) is 5.13. The number of halogens is 1. The molecule has 3 atom stereocenters. The van der Waals surface area contributed by atoms with Gasteiger partial charge in [0, 0.05) is 25.8 Å². The number of carbonyl (C=O) groups is 1. The summed E-state index contributed by atoms with van der Waals surface area (Å²) in [6.45, 7) is 1.11. The zero-order chi connectivity index (χ0) is 17.1. The van der Waals surface area contributed by atoms with Gasteiger partial charge in [-0.2, -0.15) is 0 Å². The molecule has 0 aliphatic carbocycles. The summed E-state index contributed by atoms with van der Waals surface area (Å²) < 4.78 is 25.6. The van der Waals surface area contributed by atoms with E-state index in [0.717, 1.165) is 5.39 Å². The minimum atomic E-state index is -0.675. The number of benzene rings is 1. The van der Waals surface area contributed by atoms with Crippen LogP contribution in [0.1, 0.15) is 0 Å². The minimum Gasteiger partial charge on any atom is -0.390 e. The second kappa shape index (κ2) is 7.29. The highest BCUT2D eigenvalue weighted by Gasteiger charge is 2.32. The van der Waals surface area contributed by atoms with Gasteiger partial charge in [0.2, 0.25) is 5.91 Å². The molecule has 2 N–H and O–H groups in total. The Balaban J connectivity index is 1.58. The molecule has 3 rings (SSSR count). The molecule has 0 saturated carbocycles. The fraction of sp³-hybridized carbons (Fsp3) is 0.471. The molecule has 0 radical (unpaired) electrons. The van der Waals surface area contributed by atoms with Gasteiger partial charge in [-0.3, -0.25) is 4.79 Å². The summed E-state index contributed by atoms with van der Waals surface area (Å²) in [5, 5.41) is 13.8. The number of carbonyl (C=O) groups excluding carboxylic acids is 1. The van der Waals surface area contributed by atoms with Gasteiger partial charge in [0.15, 0.2) is 0 Å². The number of ether oxygens (including phenoxy) is 2. The Morgan fingerprint density at radius 2 is 2.29 bits per heavy atom. The Bertz CT molecular complexity index is 718. The van der Waals surface area contributed by atoms with E-state index in [-0.39, 0.29) is 30.3 Å². The zero-order valence-corrected chi connectivity index (χ0v) is 13.4. The summed E-state index contributed by atoms with van der Waals surface area (Å²) >= 11 is 0. The van der Waals surface area contributed by atoms with Gasteiger partial charge in [0.1, 0.15) is 18.5 Å². The maximum atomic E-state index is 13.4. The van der Waals surface area contributed by atoms with Crippen molar-refractivity contribution in [2.24, 2.45) is 5.92 Å². The molecule has 0 spiro atoms. The molecule has 1 aromatic carbocycles. The molecule has 2 heterocycles. The van der Waals surface area contributed by atoms with Crippen LogP contribution in [-0.4, -0.2) is 54.7 Å². The molecular formula is C17H21FN2O4. The summed E-state index contributed by atoms with van der Waals surface area (Å²) in [6, 6.07) is 6.32. The van der Waals surface area contributed by atoms with Gasteiger partial charge in [0.05, 0.1) is 24.8 Å². The van der Waals surface area contributed by atoms with Gasteiger partial charge < -0.3 is 24.5 Å². The monoisotopic (exact) mass is 336 g/mol. The molecule has 1 saturated heterocycles. The molecule has 1 fully saturated rings. The van der Waals surface area contributed by atoms with Crippen LogP contribution in [-0.2, 0) is 20.8 Å². The van der Waals surface area contributed by atoms with E-state index < -0.39 is 6.10 Å². The van der Waals surface area contributed by atoms with Crippen LogP contribution in [0.4, 0.5) is 4.39 Å². The van der Waals surface area contributed by atoms with Crippen LogP contribution in [0.3, 0.4) is 0 Å². The minimum absolute atomic E-state index is 0.0876. The Morgan fingerprint density at radius 1 is 1.46 bits per heavy atom. The van der Waals surface area contributed by atoms with Crippen molar-refractivity contribution in [3.8, 4) is 0 Å². The molecule has 1 aliphatic heterocycles. The summed E-state index contributed by atoms with van der Waals surface area (Å²) in [6.07, 6.45) is 0.700. The third-order valence-electron chi connectivity index (χ3n) is 4.39. The zero-order valence-electron chi connectivity index (χ0n) is 13.4. The molecule has 0 unspecified atom stereocenters. The van der Waals surface area contributed by atoms with Crippen LogP contribution in [0.2, 0.25) is 0 Å². The highest BCUT2D eigenvalue weighted by molar-refractivity contribution is 5.83. The molecule has 1 aliphatic rings. The number of amides is 1. The van der Waals surface area contributed by atoms with Gasteiger partial charge in [-0.25, -0.2) is 4.39 Å². The first kappa shape index (κ1) is 16.9. The fourth-order valence-corrected chi connectivity index (χ4v) is 2.97. The van der Waals surface area contributed by atoms with E-state index in [4.69, 9.17) is 9.47 Å². The number of methoxy groups -OCH3 is 1. The number of hydrogen-bond acceptors (Lipinski definition) is 4. The smallest absolute Gasteiger partial charge is 0.239 e. The molecule has 6 nitrogen and oxygen atoms in total. The van der Waals surface area contributed by atoms with Crippen LogP contribution < -0.4 is 5.32 Å². The average Bonchev–Trinajstić information content (AvgIpc) is 2.96. The first-order valence-electron chi connectivity index (χ1n) is 7.88. The van der Waals surface area contributed by atoms with Crippen molar-refractivity contribution < 1.29 is 23.8 Å². The summed E-state index contributed by atoms with van der Waals surface area (Å²) in [4.78, 5) is 12.2. The van der Waals surface area contributed by atoms with Crippen LogP contribution in [0, 0.1) is 11.7 Å². The predicted molar refractivity (Wildman–Crippen MR) is 86.0 cm³/mol. The SMILES string of the molecule is CO[C@@H]1COC[C@@H](CNC(=O)Cn2ccc3ccc(F)cc32)[C@@H]1O. The van der Waals surface area contributed by atoms with Crippen molar-refractivity contribution in [3.05, 3.63) is 36.3 Å². The number of aromatic nitrogens is 1. The second-order valence-electron chi connectivity index (χ2n) is 6.01. The summed E-state index contributed by atoms with van der Waals surface area (Å²) in [5.74, 6) is -0.758. The number of hydrogen-bond donors (Lipinski definition) is 2. The van der Waals surface area contributed by atoms with E-state index >= 15 is 0 Å². The van der Waals surface area contributed by atoms with Gasteiger partial charge in [-0.15, -0.1) is 0 Å². The van der Waals surface area contributed by atoms with Crippen LogP contribution in [0.15, 0.2) is 30.5 Å². The number of rotatable bonds is 5. The topological polar surface area (TPSA) is 72.7 Å². The van der Waals surface area contributed by atoms with Gasteiger partial charge >= 0.3 is 0 Å².